The number of carboxylic acid groups (broad SMARTS) is 1. The number of rotatable bonds is 20. The predicted octanol–water partition coefficient (Wildman–Crippen LogP) is 2.99. The molecule has 0 aromatic heterocycles. The van der Waals surface area contributed by atoms with Crippen LogP contribution >= 0.6 is 11.6 Å². The molecule has 126 heavy (non-hydrogen) atoms. The largest absolute Gasteiger partial charge is 0.507 e. The average Bonchev–Trinajstić information content (AvgIpc) is 0.935. The highest BCUT2D eigenvalue weighted by atomic mass is 35.5. The predicted molar refractivity (Wildman–Crippen MR) is 448 cm³/mol. The van der Waals surface area contributed by atoms with E-state index >= 15 is 24.0 Å². The van der Waals surface area contributed by atoms with Gasteiger partial charge in [0.2, 0.25) is 53.4 Å². The fourth-order valence-corrected chi connectivity index (χ4v) is 16.8. The SMILES string of the molecule is CNC(CC(C)C)C(=O)NC1C(=O)NC(CC(N)=O)C(=O)NC2C(=O)NC3C(=O)NC(C(=O)NC(C(=O)O)c4cc(O)c(CN(C)Cc5ccc(-c6ccccc6)cc5)c(O)c4-c4c(O)cccc43)C(OC3CC(C)(N)C(O)C(C)O3)c3ccc(cc3)Oc3cc2cc(c3OC2OC(CO)C(O)C(O)C2OC2CC(C)(N)C(O)C(C)O2)Oc2ccc(cc2Cl)C1O. The number of aliphatic hydroxyl groups excluding tert-OH is 6. The number of nitrogens with two attached hydrogens (primary N) is 3. The van der Waals surface area contributed by atoms with Crippen LogP contribution in [0.15, 0.2) is 133 Å². The van der Waals surface area contributed by atoms with E-state index in [0.717, 1.165) is 47.0 Å². The van der Waals surface area contributed by atoms with Crippen LogP contribution in [0.5, 0.6) is 46.0 Å². The van der Waals surface area contributed by atoms with Crippen LogP contribution in [-0.2, 0) is 75.1 Å². The van der Waals surface area contributed by atoms with Crippen molar-refractivity contribution < 1.29 is 127 Å². The molecule has 7 aromatic rings. The Balaban J connectivity index is 1.05. The van der Waals surface area contributed by atoms with E-state index in [1.807, 2.05) is 68.4 Å². The number of amides is 7. The van der Waals surface area contributed by atoms with Gasteiger partial charge in [-0.05, 0) is 142 Å². The van der Waals surface area contributed by atoms with Crippen molar-refractivity contribution in [1.29, 1.82) is 0 Å². The van der Waals surface area contributed by atoms with Gasteiger partial charge in [-0.3, -0.25) is 38.5 Å². The lowest BCUT2D eigenvalue weighted by Crippen LogP contribution is -2.64. The molecule has 8 heterocycles. The molecule has 0 aliphatic carbocycles. The first-order chi connectivity index (χ1) is 59.7. The van der Waals surface area contributed by atoms with Gasteiger partial charge in [0, 0.05) is 53.7 Å². The molecule has 0 saturated carbocycles. The number of aliphatic carboxylic acids is 1. The number of carbonyl (C=O) groups is 8. The molecule has 22 atom stereocenters. The van der Waals surface area contributed by atoms with E-state index in [0.29, 0.717) is 0 Å². The number of nitrogens with one attached hydrogen (secondary N) is 7. The van der Waals surface area contributed by atoms with E-state index in [1.165, 1.54) is 83.3 Å². The molecule has 0 radical (unpaired) electrons. The lowest BCUT2D eigenvalue weighted by Gasteiger charge is -2.47. The molecule has 23 N–H and O–H groups in total. The molecule has 38 heteroatoms. The maximum absolute atomic E-state index is 16.9. The zero-order chi connectivity index (χ0) is 91.0. The summed E-state index contributed by atoms with van der Waals surface area (Å²) in [5.41, 5.74) is 15.5. The third kappa shape index (κ3) is 20.0. The molecule has 9 bridgehead atoms. The number of likely N-dealkylation sites (N-methyl/N-ethyl adjacent to an activating group) is 1. The first kappa shape index (κ1) is 92.5. The van der Waals surface area contributed by atoms with Crippen molar-refractivity contribution in [3.05, 3.63) is 177 Å². The van der Waals surface area contributed by atoms with Crippen molar-refractivity contribution in [3.63, 3.8) is 0 Å². The number of aromatic hydroxyl groups is 3. The van der Waals surface area contributed by atoms with E-state index in [-0.39, 0.29) is 71.5 Å². The number of aliphatic hydroxyl groups is 6. The number of carboxylic acids is 1. The number of hydrogen-bond donors (Lipinski definition) is 20. The van der Waals surface area contributed by atoms with Crippen LogP contribution in [0.2, 0.25) is 5.02 Å². The number of benzene rings is 7. The standard InChI is InChI=1S/C88H104ClN11O26/c1-38(2)27-52(93-7)79(111)98-68-70(105)45-23-26-56(51(89)28-45)122-58-30-46-29-57(75(58)126-86-76(73(108)72(107)59(37-101)123-86)125-62-34-88(6,92)78(110)40(4)120-62)121-47-24-21-44(22-25-47)74(124-61-33-87(5,91)77(109)39(3)119-61)69-84(116)97-67(85(117)118)49-31-55(103)50(36-100(8)35-41-17-19-43(20-18-41)42-13-10-9-11-14-42)71(106)64(49)63-48(15-12-16-54(63)102)66(82(114)99-69)96-81(113)65(46)95-80(112)53(32-60(90)104)94-83(68)115/h9-26,28-31,38-40,52-53,59,61-62,65-70,72-74,76-78,86,93,101-103,105-110H,27,32-37,91-92H2,1-8H3,(H2,90,104)(H,94,115)(H,95,112)(H,96,113)(H,97,116)(H,98,111)(H,99,114)(H,117,118). The van der Waals surface area contributed by atoms with Gasteiger partial charge in [0.1, 0.15) is 89.5 Å². The summed E-state index contributed by atoms with van der Waals surface area (Å²) in [6.07, 6.45) is -22.7. The van der Waals surface area contributed by atoms with Crippen LogP contribution in [0.1, 0.15) is 137 Å². The minimum atomic E-state index is -2.43. The number of ether oxygens (including phenoxy) is 8. The summed E-state index contributed by atoms with van der Waals surface area (Å²) in [5.74, 6) is -16.0. The molecule has 15 rings (SSSR count). The molecular formula is C88H104ClN11O26. The van der Waals surface area contributed by atoms with Crippen LogP contribution in [0.25, 0.3) is 22.3 Å². The van der Waals surface area contributed by atoms with E-state index in [9.17, 15) is 65.4 Å². The lowest BCUT2D eigenvalue weighted by molar-refractivity contribution is -0.333. The zero-order valence-electron chi connectivity index (χ0n) is 69.8. The first-order valence-corrected chi connectivity index (χ1v) is 41.3. The Morgan fingerprint density at radius 3 is 1.87 bits per heavy atom. The van der Waals surface area contributed by atoms with Crippen LogP contribution in [0, 0.1) is 5.92 Å². The second-order valence-corrected chi connectivity index (χ2v) is 34.0. The highest BCUT2D eigenvalue weighted by Gasteiger charge is 2.53. The number of phenols is 3. The van der Waals surface area contributed by atoms with Crippen LogP contribution in [0.3, 0.4) is 0 Å². The molecule has 3 fully saturated rings. The van der Waals surface area contributed by atoms with E-state index in [1.54, 1.807) is 11.9 Å². The smallest absolute Gasteiger partial charge is 0.330 e. The van der Waals surface area contributed by atoms with Crippen molar-refractivity contribution in [1.82, 2.24) is 42.1 Å². The zero-order valence-corrected chi connectivity index (χ0v) is 70.6. The summed E-state index contributed by atoms with van der Waals surface area (Å²) in [6.45, 7) is 8.48. The molecule has 7 amide bonds. The summed E-state index contributed by atoms with van der Waals surface area (Å²) in [4.78, 5) is 124. The van der Waals surface area contributed by atoms with Gasteiger partial charge >= 0.3 is 5.97 Å². The summed E-state index contributed by atoms with van der Waals surface area (Å²) in [6, 6.07) is 17.7. The van der Waals surface area contributed by atoms with Gasteiger partial charge in [-0.25, -0.2) is 4.79 Å². The van der Waals surface area contributed by atoms with Crippen molar-refractivity contribution in [2.24, 2.45) is 23.1 Å². The van der Waals surface area contributed by atoms with Crippen molar-refractivity contribution >= 4 is 58.9 Å². The third-order valence-corrected chi connectivity index (χ3v) is 23.6. The Morgan fingerprint density at radius 1 is 0.643 bits per heavy atom. The fourth-order valence-electron chi connectivity index (χ4n) is 16.6. The maximum Gasteiger partial charge on any atom is 0.330 e. The van der Waals surface area contributed by atoms with Crippen LogP contribution in [0.4, 0.5) is 0 Å². The molecule has 7 aromatic carbocycles. The van der Waals surface area contributed by atoms with E-state index in [4.69, 9.17) is 66.7 Å². The third-order valence-electron chi connectivity index (χ3n) is 23.3. The Labute approximate surface area is 728 Å². The molecule has 22 unspecified atom stereocenters. The lowest BCUT2D eigenvalue weighted by atomic mass is 9.85. The molecule has 0 spiro atoms. The van der Waals surface area contributed by atoms with E-state index < -0.39 is 256 Å². The van der Waals surface area contributed by atoms with Gasteiger partial charge in [-0.1, -0.05) is 110 Å². The highest BCUT2D eigenvalue weighted by Crippen LogP contribution is 2.52. The summed E-state index contributed by atoms with van der Waals surface area (Å²) < 4.78 is 52.3. The molecular weight excluding hydrogens is 1660 g/mol. The second kappa shape index (κ2) is 38.2. The number of nitrogens with zero attached hydrogens (tertiary/aromatic N) is 1. The number of primary amides is 1. The topological polar surface area (TPSA) is 578 Å². The molecule has 8 aliphatic rings. The van der Waals surface area contributed by atoms with Gasteiger partial charge < -0.3 is 143 Å². The highest BCUT2D eigenvalue weighted by molar-refractivity contribution is 6.32. The van der Waals surface area contributed by atoms with Gasteiger partial charge in [0.05, 0.1) is 54.1 Å². The summed E-state index contributed by atoms with van der Waals surface area (Å²) >= 11 is 7.22. The van der Waals surface area contributed by atoms with E-state index in [2.05, 4.69) is 37.2 Å². The monoisotopic (exact) mass is 1770 g/mol. The number of fused-ring (bicyclic) bond motifs is 14. The Kier molecular flexibility index (Phi) is 28.0. The first-order valence-electron chi connectivity index (χ1n) is 40.9. The molecule has 37 nitrogen and oxygen atoms in total. The minimum absolute atomic E-state index is 0.0560. The Hall–Kier alpha value is -11.2. The fraction of sp³-hybridized carbons (Fsp3) is 0.432. The second-order valence-electron chi connectivity index (χ2n) is 33.6. The molecule has 674 valence electrons. The number of halogens is 1. The quantitative estimate of drug-likeness (QED) is 0.0521. The van der Waals surface area contributed by atoms with Gasteiger partial charge in [-0.2, -0.15) is 0 Å². The molecule has 8 aliphatic heterocycles. The number of carbonyl (C=O) groups excluding carboxylic acids is 7. The van der Waals surface area contributed by atoms with Crippen LogP contribution in [-0.4, -0.2) is 227 Å². The van der Waals surface area contributed by atoms with Gasteiger partial charge in [-0.15, -0.1) is 0 Å². The Bertz CT molecular complexity index is 5230. The molecule has 3 saturated heterocycles. The van der Waals surface area contributed by atoms with Crippen molar-refractivity contribution in [2.75, 3.05) is 20.7 Å². The number of phenolic OH excluding ortho intramolecular Hbond substituents is 3. The van der Waals surface area contributed by atoms with Crippen molar-refractivity contribution in [2.45, 2.75) is 214 Å². The van der Waals surface area contributed by atoms with Crippen molar-refractivity contribution in [3.8, 4) is 68.2 Å². The van der Waals surface area contributed by atoms with Gasteiger partial charge in [0.25, 0.3) is 0 Å². The number of hydrogen-bond acceptors (Lipinski definition) is 29. The summed E-state index contributed by atoms with van der Waals surface area (Å²) in [7, 11) is 3.12. The van der Waals surface area contributed by atoms with Crippen LogP contribution < -0.4 is 68.6 Å². The maximum atomic E-state index is 16.9. The van der Waals surface area contributed by atoms with Gasteiger partial charge in [0.15, 0.2) is 36.2 Å². The Morgan fingerprint density at radius 2 is 1.26 bits per heavy atom. The minimum Gasteiger partial charge on any atom is -0.507 e. The average molecular weight is 1770 g/mol. The normalized spacial score (nSPS) is 29.6. The summed E-state index contributed by atoms with van der Waals surface area (Å²) in [5, 5.41) is 137.